The zero-order valence-electron chi connectivity index (χ0n) is 17.2. The van der Waals surface area contributed by atoms with Crippen molar-refractivity contribution in [1.82, 2.24) is 4.90 Å². The van der Waals surface area contributed by atoms with Crippen LogP contribution in [-0.2, 0) is 14.6 Å². The van der Waals surface area contributed by atoms with Crippen molar-refractivity contribution in [3.05, 3.63) is 48.0 Å². The van der Waals surface area contributed by atoms with Crippen molar-refractivity contribution in [2.75, 3.05) is 13.7 Å². The number of aliphatic hydroxyl groups excluding tert-OH is 1. The number of fused-ring (bicyclic) bond motifs is 1. The Bertz CT molecular complexity index is 1080. The van der Waals surface area contributed by atoms with Crippen molar-refractivity contribution in [3.8, 4) is 11.5 Å². The number of hydrogen-bond donors (Lipinski definition) is 1. The molecular weight excluding hydrogens is 406 g/mol. The number of nitrogens with zero attached hydrogens (tertiary/aromatic N) is 1. The Morgan fingerprint density at radius 3 is 2.40 bits per heavy atom. The highest BCUT2D eigenvalue weighted by atomic mass is 32.2. The van der Waals surface area contributed by atoms with Crippen LogP contribution in [0.1, 0.15) is 38.3 Å². The van der Waals surface area contributed by atoms with Gasteiger partial charge in [-0.25, -0.2) is 8.42 Å². The lowest BCUT2D eigenvalue weighted by Crippen LogP contribution is -2.53. The van der Waals surface area contributed by atoms with Gasteiger partial charge >= 0.3 is 0 Å². The number of carbonyl (C=O) groups is 1. The van der Waals surface area contributed by atoms with Gasteiger partial charge in [0.25, 0.3) is 0 Å². The number of rotatable bonds is 4. The van der Waals surface area contributed by atoms with Crippen molar-refractivity contribution in [2.45, 2.75) is 54.2 Å². The summed E-state index contributed by atoms with van der Waals surface area (Å²) < 4.78 is 37.5. The van der Waals surface area contributed by atoms with Gasteiger partial charge in [0, 0.05) is 18.5 Å². The Labute approximate surface area is 176 Å². The summed E-state index contributed by atoms with van der Waals surface area (Å²) in [4.78, 5) is 14.3. The Balaban J connectivity index is 1.81. The topological polar surface area (TPSA) is 93.1 Å². The monoisotopic (exact) mass is 431 g/mol. The summed E-state index contributed by atoms with van der Waals surface area (Å²) in [6.07, 6.45) is 0.137. The molecule has 2 heterocycles. The Hall–Kier alpha value is -2.58. The maximum atomic E-state index is 13.2. The van der Waals surface area contributed by atoms with E-state index in [0.29, 0.717) is 36.4 Å². The van der Waals surface area contributed by atoms with Crippen LogP contribution in [0.5, 0.6) is 11.5 Å². The van der Waals surface area contributed by atoms with Gasteiger partial charge in [0.15, 0.2) is 0 Å². The molecule has 1 N–H and O–H groups in total. The van der Waals surface area contributed by atoms with Gasteiger partial charge < -0.3 is 19.5 Å². The van der Waals surface area contributed by atoms with Crippen LogP contribution in [0, 0.1) is 0 Å². The molecular formula is C22H25NO6S. The van der Waals surface area contributed by atoms with Crippen LogP contribution < -0.4 is 9.47 Å². The third-order valence-corrected chi connectivity index (χ3v) is 7.58. The molecule has 0 radical (unpaired) electrons. The Morgan fingerprint density at radius 1 is 1.13 bits per heavy atom. The standard InChI is InChI=1S/C22H25NO6S/c1-22(2)21(25)20(23-12-4-5-19(23)24)17-13-16(10-11-18(17)29-22)30(26,27)15-8-6-14(28-3)7-9-15/h6-11,13,20-21,25H,4-5,12H2,1-3H3/t20-,21+/m0/s1. The van der Waals surface area contributed by atoms with E-state index in [1.807, 2.05) is 0 Å². The quantitative estimate of drug-likeness (QED) is 0.800. The fourth-order valence-corrected chi connectivity index (χ4v) is 5.40. The van der Waals surface area contributed by atoms with Crippen molar-refractivity contribution in [2.24, 2.45) is 0 Å². The molecule has 4 rings (SSSR count). The molecule has 160 valence electrons. The zero-order chi connectivity index (χ0) is 21.7. The molecule has 1 saturated heterocycles. The van der Waals surface area contributed by atoms with E-state index < -0.39 is 27.6 Å². The summed E-state index contributed by atoms with van der Waals surface area (Å²) in [7, 11) is -2.29. The van der Waals surface area contributed by atoms with Crippen LogP contribution >= 0.6 is 0 Å². The van der Waals surface area contributed by atoms with Crippen molar-refractivity contribution in [3.63, 3.8) is 0 Å². The molecule has 2 aromatic carbocycles. The summed E-state index contributed by atoms with van der Waals surface area (Å²) >= 11 is 0. The molecule has 7 nitrogen and oxygen atoms in total. The van der Waals surface area contributed by atoms with E-state index in [4.69, 9.17) is 9.47 Å². The van der Waals surface area contributed by atoms with Gasteiger partial charge in [0.05, 0.1) is 22.9 Å². The molecule has 30 heavy (non-hydrogen) atoms. The van der Waals surface area contributed by atoms with Gasteiger partial charge in [-0.05, 0) is 62.7 Å². The maximum Gasteiger partial charge on any atom is 0.223 e. The largest absolute Gasteiger partial charge is 0.497 e. The first-order valence-corrected chi connectivity index (χ1v) is 11.3. The predicted molar refractivity (Wildman–Crippen MR) is 109 cm³/mol. The number of benzene rings is 2. The van der Waals surface area contributed by atoms with Crippen molar-refractivity contribution < 1.29 is 27.8 Å². The molecule has 8 heteroatoms. The van der Waals surface area contributed by atoms with Gasteiger partial charge in [-0.3, -0.25) is 4.79 Å². The van der Waals surface area contributed by atoms with Crippen LogP contribution in [-0.4, -0.2) is 49.7 Å². The lowest BCUT2D eigenvalue weighted by atomic mass is 9.85. The van der Waals surface area contributed by atoms with E-state index in [1.165, 1.54) is 31.4 Å². The number of likely N-dealkylation sites (tertiary alicyclic amines) is 1. The molecule has 2 aliphatic rings. The van der Waals surface area contributed by atoms with Crippen LogP contribution in [0.2, 0.25) is 0 Å². The number of aliphatic hydroxyl groups is 1. The van der Waals surface area contributed by atoms with Gasteiger partial charge in [-0.1, -0.05) is 0 Å². The van der Waals surface area contributed by atoms with E-state index in [9.17, 15) is 18.3 Å². The number of sulfone groups is 1. The third-order valence-electron chi connectivity index (χ3n) is 5.81. The number of carbonyl (C=O) groups excluding carboxylic acids is 1. The minimum absolute atomic E-state index is 0.0499. The van der Waals surface area contributed by atoms with Crippen LogP contribution in [0.4, 0.5) is 0 Å². The summed E-state index contributed by atoms with van der Waals surface area (Å²) in [6, 6.07) is 10.1. The molecule has 0 spiro atoms. The second-order valence-electron chi connectivity index (χ2n) is 8.16. The smallest absolute Gasteiger partial charge is 0.223 e. The normalized spacial score (nSPS) is 23.1. The number of amides is 1. The molecule has 0 unspecified atom stereocenters. The highest BCUT2D eigenvalue weighted by Crippen LogP contribution is 2.45. The second kappa shape index (κ2) is 7.28. The molecule has 0 saturated carbocycles. The zero-order valence-corrected chi connectivity index (χ0v) is 18.0. The first kappa shape index (κ1) is 20.7. The first-order chi connectivity index (χ1) is 14.1. The highest BCUT2D eigenvalue weighted by molar-refractivity contribution is 7.91. The second-order valence-corrected chi connectivity index (χ2v) is 10.1. The molecule has 2 aliphatic heterocycles. The van der Waals surface area contributed by atoms with Gasteiger partial charge in [0.1, 0.15) is 23.2 Å². The van der Waals surface area contributed by atoms with E-state index in [-0.39, 0.29) is 15.7 Å². The maximum absolute atomic E-state index is 13.2. The molecule has 0 aromatic heterocycles. The molecule has 1 fully saturated rings. The number of methoxy groups -OCH3 is 1. The SMILES string of the molecule is COc1ccc(S(=O)(=O)c2ccc3c(c2)[C@H](N2CCCC2=O)[C@@H](O)C(C)(C)O3)cc1. The number of ether oxygens (including phenoxy) is 2. The summed E-state index contributed by atoms with van der Waals surface area (Å²) in [5.74, 6) is 0.987. The Kier molecular flexibility index (Phi) is 5.02. The van der Waals surface area contributed by atoms with Crippen LogP contribution in [0.15, 0.2) is 52.3 Å². The molecule has 2 aromatic rings. The minimum Gasteiger partial charge on any atom is -0.497 e. The summed E-state index contributed by atoms with van der Waals surface area (Å²) in [6.45, 7) is 4.04. The van der Waals surface area contributed by atoms with E-state index >= 15 is 0 Å². The average molecular weight is 432 g/mol. The fourth-order valence-electron chi connectivity index (χ4n) is 4.10. The Morgan fingerprint density at radius 2 is 1.80 bits per heavy atom. The minimum atomic E-state index is -3.80. The predicted octanol–water partition coefficient (Wildman–Crippen LogP) is 2.72. The van der Waals surface area contributed by atoms with E-state index in [0.717, 1.165) is 0 Å². The average Bonchev–Trinajstić information content (AvgIpc) is 3.14. The first-order valence-electron chi connectivity index (χ1n) is 9.85. The van der Waals surface area contributed by atoms with Crippen molar-refractivity contribution in [1.29, 1.82) is 0 Å². The highest BCUT2D eigenvalue weighted by Gasteiger charge is 2.47. The summed E-state index contributed by atoms with van der Waals surface area (Å²) in [5, 5.41) is 11.0. The lowest BCUT2D eigenvalue weighted by Gasteiger charge is -2.45. The van der Waals surface area contributed by atoms with E-state index in [2.05, 4.69) is 0 Å². The van der Waals surface area contributed by atoms with Gasteiger partial charge in [0.2, 0.25) is 15.7 Å². The van der Waals surface area contributed by atoms with E-state index in [1.54, 1.807) is 36.9 Å². The molecule has 2 atom stereocenters. The van der Waals surface area contributed by atoms with Crippen LogP contribution in [0.25, 0.3) is 0 Å². The molecule has 0 bridgehead atoms. The molecule has 0 aliphatic carbocycles. The van der Waals surface area contributed by atoms with Gasteiger partial charge in [-0.2, -0.15) is 0 Å². The molecule has 1 amide bonds. The number of hydrogen-bond acceptors (Lipinski definition) is 6. The lowest BCUT2D eigenvalue weighted by molar-refractivity contribution is -0.139. The fraction of sp³-hybridized carbons (Fsp3) is 0.409. The summed E-state index contributed by atoms with van der Waals surface area (Å²) in [5.41, 5.74) is -0.414. The van der Waals surface area contributed by atoms with Gasteiger partial charge in [-0.15, -0.1) is 0 Å². The third kappa shape index (κ3) is 3.33. The van der Waals surface area contributed by atoms with Crippen LogP contribution in [0.3, 0.4) is 0 Å². The van der Waals surface area contributed by atoms with Crippen molar-refractivity contribution >= 4 is 15.7 Å².